The first kappa shape index (κ1) is 23.3. The highest BCUT2D eigenvalue weighted by Crippen LogP contribution is 2.45. The number of ether oxygens (including phenoxy) is 1. The van der Waals surface area contributed by atoms with E-state index in [1.54, 1.807) is 18.3 Å². The Morgan fingerprint density at radius 3 is 2.74 bits per heavy atom. The largest absolute Gasteiger partial charge is 0.472 e. The van der Waals surface area contributed by atoms with Gasteiger partial charge in [0.25, 0.3) is 5.91 Å². The molecular formula is C25H32ClN5O3. The van der Waals surface area contributed by atoms with Crippen LogP contribution in [0.4, 0.5) is 5.95 Å². The van der Waals surface area contributed by atoms with Crippen molar-refractivity contribution in [3.05, 3.63) is 46.1 Å². The van der Waals surface area contributed by atoms with E-state index in [-0.39, 0.29) is 25.0 Å². The van der Waals surface area contributed by atoms with Crippen molar-refractivity contribution < 1.29 is 14.6 Å². The number of nitrogens with one attached hydrogen (secondary N) is 1. The first-order valence-corrected chi connectivity index (χ1v) is 12.6. The maximum atomic E-state index is 13.0. The van der Waals surface area contributed by atoms with Crippen molar-refractivity contribution in [1.29, 1.82) is 0 Å². The number of likely N-dealkylation sites (tertiary alicyclic amines) is 1. The Morgan fingerprint density at radius 1 is 1.21 bits per heavy atom. The van der Waals surface area contributed by atoms with E-state index in [4.69, 9.17) is 16.3 Å². The lowest BCUT2D eigenvalue weighted by atomic mass is 10.1. The number of carbonyl (C=O) groups excluding carboxylic acids is 1. The topological polar surface area (TPSA) is 90.8 Å². The zero-order valence-electron chi connectivity index (χ0n) is 19.4. The number of aromatic nitrogens is 2. The lowest BCUT2D eigenvalue weighted by Gasteiger charge is -2.26. The number of hydrogen-bond donors (Lipinski definition) is 2. The summed E-state index contributed by atoms with van der Waals surface area (Å²) in [7, 11) is 0. The van der Waals surface area contributed by atoms with Gasteiger partial charge in [0.2, 0.25) is 11.8 Å². The van der Waals surface area contributed by atoms with E-state index < -0.39 is 0 Å². The molecule has 34 heavy (non-hydrogen) atoms. The van der Waals surface area contributed by atoms with Crippen molar-refractivity contribution in [2.75, 3.05) is 44.2 Å². The van der Waals surface area contributed by atoms with Crippen LogP contribution in [-0.4, -0.2) is 65.2 Å². The number of rotatable bonds is 9. The number of piperidine rings is 2. The van der Waals surface area contributed by atoms with Crippen LogP contribution in [0, 0.1) is 11.8 Å². The third-order valence-electron chi connectivity index (χ3n) is 7.07. The van der Waals surface area contributed by atoms with Crippen LogP contribution >= 0.6 is 11.6 Å². The molecule has 0 radical (unpaired) electrons. The number of benzene rings is 1. The predicted molar refractivity (Wildman–Crippen MR) is 130 cm³/mol. The fourth-order valence-electron chi connectivity index (χ4n) is 4.90. The summed E-state index contributed by atoms with van der Waals surface area (Å²) in [5.41, 5.74) is 1.84. The monoisotopic (exact) mass is 485 g/mol. The maximum absolute atomic E-state index is 13.0. The van der Waals surface area contributed by atoms with E-state index in [0.29, 0.717) is 28.6 Å². The lowest BCUT2D eigenvalue weighted by Crippen LogP contribution is -2.37. The molecule has 1 saturated carbocycles. The number of halogens is 1. The van der Waals surface area contributed by atoms with Gasteiger partial charge in [0.1, 0.15) is 12.2 Å². The van der Waals surface area contributed by atoms with E-state index in [1.807, 2.05) is 6.07 Å². The minimum Gasteiger partial charge on any atom is -0.472 e. The van der Waals surface area contributed by atoms with Gasteiger partial charge < -0.3 is 25.0 Å². The first-order chi connectivity index (χ1) is 16.6. The van der Waals surface area contributed by atoms with Gasteiger partial charge in [-0.05, 0) is 61.4 Å². The highest BCUT2D eigenvalue weighted by Gasteiger charge is 2.46. The molecule has 2 saturated heterocycles. The van der Waals surface area contributed by atoms with Crippen LogP contribution in [0.15, 0.2) is 24.4 Å². The van der Waals surface area contributed by atoms with Crippen LogP contribution in [0.2, 0.25) is 5.02 Å². The molecule has 2 unspecified atom stereocenters. The highest BCUT2D eigenvalue weighted by molar-refractivity contribution is 6.31. The summed E-state index contributed by atoms with van der Waals surface area (Å²) >= 11 is 6.23. The average Bonchev–Trinajstić information content (AvgIpc) is 3.47. The summed E-state index contributed by atoms with van der Waals surface area (Å²) in [5, 5.41) is 12.8. The zero-order chi connectivity index (χ0) is 23.5. The second-order valence-electron chi connectivity index (χ2n) is 9.58. The summed E-state index contributed by atoms with van der Waals surface area (Å²) in [5.74, 6) is 2.16. The molecule has 2 N–H and O–H groups in total. The summed E-state index contributed by atoms with van der Waals surface area (Å²) in [6.45, 7) is 5.62. The van der Waals surface area contributed by atoms with Gasteiger partial charge in [-0.1, -0.05) is 30.2 Å². The van der Waals surface area contributed by atoms with Crippen LogP contribution in [0.25, 0.3) is 0 Å². The van der Waals surface area contributed by atoms with Gasteiger partial charge in [-0.25, -0.2) is 4.98 Å². The molecule has 3 aliphatic rings. The second kappa shape index (κ2) is 10.5. The van der Waals surface area contributed by atoms with E-state index in [1.165, 1.54) is 25.7 Å². The van der Waals surface area contributed by atoms with Crippen LogP contribution in [-0.2, 0) is 13.2 Å². The number of fused-ring (bicyclic) bond motifs is 1. The standard InChI is InChI=1S/C25H32ClN5O3/c26-22-10-17(4-5-18(22)15-32)16-34-24-21(23(33)27-6-9-30-7-2-1-3-8-30)12-28-25(29-24)31-13-19-11-20(19)14-31/h4-5,10,12,19-20,32H,1-3,6-9,11,13-16H2,(H,27,33). The summed E-state index contributed by atoms with van der Waals surface area (Å²) in [6.07, 6.45) is 6.62. The Balaban J connectivity index is 1.28. The van der Waals surface area contributed by atoms with E-state index in [0.717, 1.165) is 50.1 Å². The summed E-state index contributed by atoms with van der Waals surface area (Å²) < 4.78 is 6.04. The van der Waals surface area contributed by atoms with Crippen LogP contribution in [0.3, 0.4) is 0 Å². The van der Waals surface area contributed by atoms with Crippen molar-refractivity contribution in [3.8, 4) is 5.88 Å². The van der Waals surface area contributed by atoms with Gasteiger partial charge in [-0.15, -0.1) is 0 Å². The molecule has 5 rings (SSSR count). The van der Waals surface area contributed by atoms with Gasteiger partial charge in [-0.2, -0.15) is 4.98 Å². The van der Waals surface area contributed by atoms with Crippen LogP contribution in [0.1, 0.15) is 47.2 Å². The smallest absolute Gasteiger partial charge is 0.258 e. The van der Waals surface area contributed by atoms with Crippen molar-refractivity contribution in [2.24, 2.45) is 11.8 Å². The lowest BCUT2D eigenvalue weighted by molar-refractivity contribution is 0.0940. The van der Waals surface area contributed by atoms with Crippen molar-refractivity contribution >= 4 is 23.5 Å². The van der Waals surface area contributed by atoms with E-state index >= 15 is 0 Å². The van der Waals surface area contributed by atoms with Crippen molar-refractivity contribution in [1.82, 2.24) is 20.2 Å². The van der Waals surface area contributed by atoms with E-state index in [9.17, 15) is 9.90 Å². The van der Waals surface area contributed by atoms with Gasteiger partial charge in [0.05, 0.1) is 6.61 Å². The molecule has 182 valence electrons. The number of aliphatic hydroxyl groups excluding tert-OH is 1. The minimum absolute atomic E-state index is 0.116. The SMILES string of the molecule is O=C(NCCN1CCCCC1)c1cnc(N2CC3CC3C2)nc1OCc1ccc(CO)c(Cl)c1. The van der Waals surface area contributed by atoms with E-state index in [2.05, 4.69) is 25.1 Å². The molecular weight excluding hydrogens is 454 g/mol. The van der Waals surface area contributed by atoms with Gasteiger partial charge in [0.15, 0.2) is 0 Å². The fourth-order valence-corrected chi connectivity index (χ4v) is 5.17. The number of carbonyl (C=O) groups is 1. The molecule has 3 fully saturated rings. The minimum atomic E-state index is -0.225. The molecule has 1 amide bonds. The van der Waals surface area contributed by atoms with Gasteiger partial charge in [-0.3, -0.25) is 4.79 Å². The summed E-state index contributed by atoms with van der Waals surface area (Å²) in [4.78, 5) is 26.7. The normalized spacial score (nSPS) is 21.9. The Bertz CT molecular complexity index is 1020. The third-order valence-corrected chi connectivity index (χ3v) is 7.42. The molecule has 2 aliphatic heterocycles. The first-order valence-electron chi connectivity index (χ1n) is 12.2. The fraction of sp³-hybridized carbons (Fsp3) is 0.560. The molecule has 0 spiro atoms. The quantitative estimate of drug-likeness (QED) is 0.564. The molecule has 2 atom stereocenters. The molecule has 1 aromatic heterocycles. The van der Waals surface area contributed by atoms with Crippen LogP contribution in [0.5, 0.6) is 5.88 Å². The Morgan fingerprint density at radius 2 is 2.00 bits per heavy atom. The van der Waals surface area contributed by atoms with Crippen LogP contribution < -0.4 is 15.0 Å². The Hall–Kier alpha value is -2.42. The van der Waals surface area contributed by atoms with Crippen molar-refractivity contribution in [2.45, 2.75) is 38.9 Å². The molecule has 1 aromatic carbocycles. The number of aliphatic hydroxyl groups is 1. The third kappa shape index (κ3) is 5.45. The second-order valence-corrected chi connectivity index (χ2v) is 9.99. The number of nitrogens with zero attached hydrogens (tertiary/aromatic N) is 4. The van der Waals surface area contributed by atoms with Crippen molar-refractivity contribution in [3.63, 3.8) is 0 Å². The average molecular weight is 486 g/mol. The predicted octanol–water partition coefficient (Wildman–Crippen LogP) is 2.87. The molecule has 3 heterocycles. The zero-order valence-corrected chi connectivity index (χ0v) is 20.1. The molecule has 2 aromatic rings. The number of amides is 1. The molecule has 0 bridgehead atoms. The molecule has 9 heteroatoms. The molecule has 8 nitrogen and oxygen atoms in total. The van der Waals surface area contributed by atoms with Gasteiger partial charge >= 0.3 is 0 Å². The molecule has 1 aliphatic carbocycles. The maximum Gasteiger partial charge on any atom is 0.258 e. The summed E-state index contributed by atoms with van der Waals surface area (Å²) in [6, 6.07) is 5.39. The Labute approximate surface area is 205 Å². The number of hydrogen-bond acceptors (Lipinski definition) is 7. The number of anilines is 1. The highest BCUT2D eigenvalue weighted by atomic mass is 35.5. The Kier molecular flexibility index (Phi) is 7.18. The van der Waals surface area contributed by atoms with Gasteiger partial charge in [0, 0.05) is 37.4 Å².